The van der Waals surface area contributed by atoms with E-state index in [1.54, 1.807) is 17.4 Å². The number of allylic oxidation sites excluding steroid dienone is 1. The fourth-order valence-electron chi connectivity index (χ4n) is 2.17. The van der Waals surface area contributed by atoms with Crippen LogP contribution < -0.4 is 5.32 Å². The molecule has 4 heteroatoms. The lowest BCUT2D eigenvalue weighted by Crippen LogP contribution is -2.10. The van der Waals surface area contributed by atoms with E-state index in [1.165, 1.54) is 36.3 Å². The number of nitrogens with zero attached hydrogens (tertiary/aromatic N) is 1. The summed E-state index contributed by atoms with van der Waals surface area (Å²) in [5, 5.41) is 3.67. The molecule has 0 fully saturated rings. The second-order valence-electron chi connectivity index (χ2n) is 4.68. The maximum absolute atomic E-state index is 11.6. The van der Waals surface area contributed by atoms with Crippen LogP contribution in [-0.4, -0.2) is 10.9 Å². The van der Waals surface area contributed by atoms with Crippen molar-refractivity contribution < 1.29 is 4.79 Å². The van der Waals surface area contributed by atoms with Gasteiger partial charge in [-0.1, -0.05) is 18.9 Å². The summed E-state index contributed by atoms with van der Waals surface area (Å²) in [4.78, 5) is 17.6. The quantitative estimate of drug-likeness (QED) is 0.842. The van der Waals surface area contributed by atoms with Crippen LogP contribution >= 0.6 is 11.3 Å². The normalized spacial score (nSPS) is 15.3. The molecule has 1 aromatic heterocycles. The monoisotopic (exact) mass is 264 g/mol. The molecule has 98 valence electrons. The van der Waals surface area contributed by atoms with E-state index in [1.807, 2.05) is 0 Å². The molecule has 2 rings (SSSR count). The minimum absolute atomic E-state index is 0.0385. The van der Waals surface area contributed by atoms with E-state index in [9.17, 15) is 4.79 Å². The van der Waals surface area contributed by atoms with Crippen LogP contribution in [0.2, 0.25) is 0 Å². The van der Waals surface area contributed by atoms with Gasteiger partial charge in [-0.05, 0) is 32.1 Å². The minimum Gasteiger partial charge on any atom is -0.302 e. The average molecular weight is 264 g/mol. The third-order valence-electron chi connectivity index (χ3n) is 3.17. The minimum atomic E-state index is 0.0385. The molecule has 18 heavy (non-hydrogen) atoms. The second kappa shape index (κ2) is 6.69. The first-order valence-electron chi connectivity index (χ1n) is 6.69. The third-order valence-corrected chi connectivity index (χ3v) is 4.24. The Labute approximate surface area is 112 Å². The number of hydrogen-bond donors (Lipinski definition) is 1. The van der Waals surface area contributed by atoms with Gasteiger partial charge in [0.25, 0.3) is 0 Å². The smallest absolute Gasteiger partial charge is 0.226 e. The van der Waals surface area contributed by atoms with Crippen molar-refractivity contribution in [3.63, 3.8) is 0 Å². The number of hydrogen-bond acceptors (Lipinski definition) is 3. The SMILES string of the molecule is C=CCCC(=O)Nc1nc2c(s1)CCCCCC2. The van der Waals surface area contributed by atoms with Gasteiger partial charge >= 0.3 is 0 Å². The molecule has 1 aliphatic carbocycles. The van der Waals surface area contributed by atoms with E-state index < -0.39 is 0 Å². The van der Waals surface area contributed by atoms with Crippen LogP contribution in [-0.2, 0) is 17.6 Å². The maximum atomic E-state index is 11.6. The Morgan fingerprint density at radius 2 is 2.11 bits per heavy atom. The summed E-state index contributed by atoms with van der Waals surface area (Å²) in [6.07, 6.45) is 10.3. The maximum Gasteiger partial charge on any atom is 0.226 e. The van der Waals surface area contributed by atoms with Gasteiger partial charge < -0.3 is 5.32 Å². The molecule has 1 heterocycles. The molecular weight excluding hydrogens is 244 g/mol. The van der Waals surface area contributed by atoms with Crippen LogP contribution in [0.5, 0.6) is 0 Å². The molecular formula is C14H20N2OS. The highest BCUT2D eigenvalue weighted by Crippen LogP contribution is 2.28. The summed E-state index contributed by atoms with van der Waals surface area (Å²) in [5.74, 6) is 0.0385. The number of carbonyl (C=O) groups excluding carboxylic acids is 1. The Kier molecular flexibility index (Phi) is 4.93. The lowest BCUT2D eigenvalue weighted by Gasteiger charge is -2.06. The highest BCUT2D eigenvalue weighted by molar-refractivity contribution is 7.15. The Morgan fingerprint density at radius 1 is 1.33 bits per heavy atom. The molecule has 0 unspecified atom stereocenters. The highest BCUT2D eigenvalue weighted by atomic mass is 32.1. The van der Waals surface area contributed by atoms with Gasteiger partial charge in [-0.2, -0.15) is 0 Å². The molecule has 1 aromatic rings. The number of carbonyl (C=O) groups is 1. The zero-order chi connectivity index (χ0) is 12.8. The second-order valence-corrected chi connectivity index (χ2v) is 5.76. The van der Waals surface area contributed by atoms with E-state index in [-0.39, 0.29) is 5.91 Å². The lowest BCUT2D eigenvalue weighted by molar-refractivity contribution is -0.116. The van der Waals surface area contributed by atoms with Gasteiger partial charge in [-0.3, -0.25) is 4.79 Å². The van der Waals surface area contributed by atoms with E-state index in [0.29, 0.717) is 6.42 Å². The summed E-state index contributed by atoms with van der Waals surface area (Å²) in [7, 11) is 0. The van der Waals surface area contributed by atoms with Crippen molar-refractivity contribution in [2.24, 2.45) is 0 Å². The van der Waals surface area contributed by atoms with Gasteiger partial charge in [-0.25, -0.2) is 4.98 Å². The summed E-state index contributed by atoms with van der Waals surface area (Å²) < 4.78 is 0. The van der Waals surface area contributed by atoms with E-state index in [4.69, 9.17) is 0 Å². The van der Waals surface area contributed by atoms with Crippen LogP contribution in [0.4, 0.5) is 5.13 Å². The van der Waals surface area contributed by atoms with E-state index in [0.717, 1.165) is 24.4 Å². The zero-order valence-electron chi connectivity index (χ0n) is 10.7. The van der Waals surface area contributed by atoms with Crippen LogP contribution in [0.3, 0.4) is 0 Å². The van der Waals surface area contributed by atoms with Crippen molar-refractivity contribution in [3.05, 3.63) is 23.2 Å². The summed E-state index contributed by atoms with van der Waals surface area (Å²) >= 11 is 1.65. The fourth-order valence-corrected chi connectivity index (χ4v) is 3.24. The zero-order valence-corrected chi connectivity index (χ0v) is 11.5. The summed E-state index contributed by atoms with van der Waals surface area (Å²) in [6.45, 7) is 3.62. The lowest BCUT2D eigenvalue weighted by atomic mass is 10.0. The Balaban J connectivity index is 1.99. The number of nitrogens with one attached hydrogen (secondary N) is 1. The predicted octanol–water partition coefficient (Wildman–Crippen LogP) is 3.71. The predicted molar refractivity (Wildman–Crippen MR) is 76.1 cm³/mol. The first-order valence-corrected chi connectivity index (χ1v) is 7.50. The van der Waals surface area contributed by atoms with Crippen molar-refractivity contribution in [1.82, 2.24) is 4.98 Å². The van der Waals surface area contributed by atoms with Gasteiger partial charge in [-0.15, -0.1) is 17.9 Å². The molecule has 0 bridgehead atoms. The first kappa shape index (κ1) is 13.3. The van der Waals surface area contributed by atoms with Crippen molar-refractivity contribution in [2.45, 2.75) is 51.4 Å². The number of rotatable bonds is 4. The number of fused-ring (bicyclic) bond motifs is 1. The number of aromatic nitrogens is 1. The standard InChI is InChI=1S/C14H20N2OS/c1-2-3-10-13(17)16-14-15-11-8-6-4-5-7-9-12(11)18-14/h2H,1,3-10H2,(H,15,16,17). The Morgan fingerprint density at radius 3 is 2.89 bits per heavy atom. The number of thiazole rings is 1. The Hall–Kier alpha value is -1.16. The van der Waals surface area contributed by atoms with Crippen molar-refractivity contribution in [1.29, 1.82) is 0 Å². The fraction of sp³-hybridized carbons (Fsp3) is 0.571. The molecule has 0 aromatic carbocycles. The molecule has 0 saturated carbocycles. The van der Waals surface area contributed by atoms with E-state index >= 15 is 0 Å². The number of amides is 1. The van der Waals surface area contributed by atoms with Gasteiger partial charge in [0.15, 0.2) is 5.13 Å². The van der Waals surface area contributed by atoms with Crippen LogP contribution in [0.1, 0.15) is 49.1 Å². The highest BCUT2D eigenvalue weighted by Gasteiger charge is 2.14. The molecule has 0 atom stereocenters. The van der Waals surface area contributed by atoms with Crippen LogP contribution in [0, 0.1) is 0 Å². The van der Waals surface area contributed by atoms with Gasteiger partial charge in [0.1, 0.15) is 0 Å². The third kappa shape index (κ3) is 3.67. The molecule has 0 radical (unpaired) electrons. The molecule has 0 aliphatic heterocycles. The molecule has 1 amide bonds. The van der Waals surface area contributed by atoms with Gasteiger partial charge in [0, 0.05) is 11.3 Å². The van der Waals surface area contributed by atoms with Gasteiger partial charge in [0.05, 0.1) is 5.69 Å². The largest absolute Gasteiger partial charge is 0.302 e. The van der Waals surface area contributed by atoms with Crippen molar-refractivity contribution in [3.8, 4) is 0 Å². The number of anilines is 1. The molecule has 1 aliphatic rings. The van der Waals surface area contributed by atoms with Crippen LogP contribution in [0.15, 0.2) is 12.7 Å². The topological polar surface area (TPSA) is 42.0 Å². The summed E-state index contributed by atoms with van der Waals surface area (Å²) in [5.41, 5.74) is 1.21. The molecule has 0 saturated heterocycles. The number of aryl methyl sites for hydroxylation is 2. The Bertz CT molecular complexity index is 400. The van der Waals surface area contributed by atoms with Crippen LogP contribution in [0.25, 0.3) is 0 Å². The van der Waals surface area contributed by atoms with Crippen molar-refractivity contribution in [2.75, 3.05) is 5.32 Å². The van der Waals surface area contributed by atoms with Crippen molar-refractivity contribution >= 4 is 22.4 Å². The first-order chi connectivity index (χ1) is 8.79. The van der Waals surface area contributed by atoms with E-state index in [2.05, 4.69) is 16.9 Å². The van der Waals surface area contributed by atoms with Gasteiger partial charge in [0.2, 0.25) is 5.91 Å². The molecule has 3 nitrogen and oxygen atoms in total. The molecule has 0 spiro atoms. The molecule has 1 N–H and O–H groups in total. The summed E-state index contributed by atoms with van der Waals surface area (Å²) in [6, 6.07) is 0. The average Bonchev–Trinajstić information content (AvgIpc) is 2.68.